The van der Waals surface area contributed by atoms with Crippen LogP contribution in [0, 0.1) is 19.7 Å². The molecule has 6 rings (SSSR count). The van der Waals surface area contributed by atoms with Crippen LogP contribution in [-0.4, -0.2) is 80.7 Å². The van der Waals surface area contributed by atoms with Gasteiger partial charge in [-0.25, -0.2) is 18.7 Å². The Morgan fingerprint density at radius 3 is 2.43 bits per heavy atom. The van der Waals surface area contributed by atoms with Gasteiger partial charge in [0.15, 0.2) is 29.0 Å². The van der Waals surface area contributed by atoms with Gasteiger partial charge in [-0.2, -0.15) is 5.10 Å². The van der Waals surface area contributed by atoms with E-state index in [0.29, 0.717) is 61.0 Å². The monoisotopic (exact) mass is 639 g/mol. The minimum absolute atomic E-state index is 0.175. The topological polar surface area (TPSA) is 98.5 Å². The maximum absolute atomic E-state index is 15.7. The van der Waals surface area contributed by atoms with Crippen LogP contribution in [0.3, 0.4) is 0 Å². The predicted octanol–water partition coefficient (Wildman–Crippen LogP) is 5.85. The molecule has 248 valence electrons. The van der Waals surface area contributed by atoms with Crippen LogP contribution in [0.1, 0.15) is 98.3 Å². The lowest BCUT2D eigenvalue weighted by atomic mass is 9.91. The number of carbonyl (C=O) groups excluding carboxylic acids is 2. The fraction of sp³-hybridized carbons (Fsp3) is 0.588. The van der Waals surface area contributed by atoms with Crippen molar-refractivity contribution < 1.29 is 32.9 Å². The van der Waals surface area contributed by atoms with Gasteiger partial charge >= 0.3 is 5.97 Å². The van der Waals surface area contributed by atoms with E-state index in [1.54, 1.807) is 33.8 Å². The maximum Gasteiger partial charge on any atom is 0.381 e. The first-order valence-electron chi connectivity index (χ1n) is 16.4. The molecule has 0 N–H and O–H groups in total. The number of hydrogen-bond donors (Lipinski definition) is 0. The molecule has 0 aliphatic carbocycles. The fourth-order valence-corrected chi connectivity index (χ4v) is 7.21. The molecule has 1 aromatic carbocycles. The molecule has 2 aromatic heterocycles. The number of nitrogens with zero attached hydrogens (tertiary/aromatic N) is 5. The van der Waals surface area contributed by atoms with E-state index in [-0.39, 0.29) is 28.6 Å². The molecule has 5 heterocycles. The third kappa shape index (κ3) is 6.21. The molecule has 3 aromatic rings. The molecule has 2 saturated heterocycles. The van der Waals surface area contributed by atoms with E-state index in [0.717, 1.165) is 31.5 Å². The van der Waals surface area contributed by atoms with Crippen molar-refractivity contribution in [3.63, 3.8) is 0 Å². The molecule has 10 nitrogen and oxygen atoms in total. The van der Waals surface area contributed by atoms with Gasteiger partial charge < -0.3 is 19.3 Å². The smallest absolute Gasteiger partial charge is 0.381 e. The van der Waals surface area contributed by atoms with Gasteiger partial charge in [-0.05, 0) is 97.9 Å². The molecular weight excluding hydrogens is 596 g/mol. The normalized spacial score (nSPS) is 18.7. The van der Waals surface area contributed by atoms with E-state index >= 15 is 4.39 Å². The molecule has 0 bridgehead atoms. The molecular formula is C34H43F2N5O5. The van der Waals surface area contributed by atoms with Crippen LogP contribution in [-0.2, 0) is 20.9 Å². The van der Waals surface area contributed by atoms with Crippen molar-refractivity contribution in [1.29, 1.82) is 0 Å². The summed E-state index contributed by atoms with van der Waals surface area (Å²) >= 11 is 0. The first-order valence-corrected chi connectivity index (χ1v) is 16.4. The third-order valence-corrected chi connectivity index (χ3v) is 9.42. The molecule has 12 heteroatoms. The van der Waals surface area contributed by atoms with Crippen LogP contribution >= 0.6 is 0 Å². The first-order chi connectivity index (χ1) is 22.0. The summed E-state index contributed by atoms with van der Waals surface area (Å²) in [7, 11) is 0. The average Bonchev–Trinajstić information content (AvgIpc) is 3.48. The molecule has 0 unspecified atom stereocenters. The predicted molar refractivity (Wildman–Crippen MR) is 167 cm³/mol. The number of likely N-dealkylation sites (tertiary alicyclic amines) is 2. The Kier molecular flexibility index (Phi) is 9.04. The molecule has 1 amide bonds. The Morgan fingerprint density at radius 2 is 1.76 bits per heavy atom. The highest BCUT2D eigenvalue weighted by Gasteiger charge is 2.37. The second kappa shape index (κ2) is 12.9. The summed E-state index contributed by atoms with van der Waals surface area (Å²) in [6, 6.07) is 3.42. The van der Waals surface area contributed by atoms with E-state index in [1.807, 2.05) is 11.8 Å². The highest BCUT2D eigenvalue weighted by Crippen LogP contribution is 2.42. The Labute approximate surface area is 267 Å². The van der Waals surface area contributed by atoms with E-state index in [4.69, 9.17) is 14.6 Å². The summed E-state index contributed by atoms with van der Waals surface area (Å²) in [5, 5.41) is 4.72. The van der Waals surface area contributed by atoms with Crippen molar-refractivity contribution >= 4 is 17.5 Å². The maximum atomic E-state index is 15.7. The van der Waals surface area contributed by atoms with Crippen LogP contribution in [0.5, 0.6) is 5.75 Å². The van der Waals surface area contributed by atoms with Gasteiger partial charge in [-0.3, -0.25) is 9.74 Å². The average molecular weight is 640 g/mol. The minimum Gasteiger partial charge on any atom is -0.490 e. The van der Waals surface area contributed by atoms with Crippen LogP contribution in [0.25, 0.3) is 16.9 Å². The molecule has 1 atom stereocenters. The summed E-state index contributed by atoms with van der Waals surface area (Å²) in [6.45, 7) is 12.6. The first kappa shape index (κ1) is 32.3. The van der Waals surface area contributed by atoms with Gasteiger partial charge in [0.2, 0.25) is 0 Å². The van der Waals surface area contributed by atoms with E-state index < -0.39 is 23.5 Å². The van der Waals surface area contributed by atoms with Gasteiger partial charge in [-0.1, -0.05) is 6.42 Å². The molecule has 2 fully saturated rings. The zero-order chi connectivity index (χ0) is 32.7. The van der Waals surface area contributed by atoms with Gasteiger partial charge in [0.05, 0.1) is 17.9 Å². The Bertz CT molecular complexity index is 1640. The summed E-state index contributed by atoms with van der Waals surface area (Å²) < 4.78 is 42.4. The molecule has 0 radical (unpaired) electrons. The van der Waals surface area contributed by atoms with Crippen molar-refractivity contribution in [2.45, 2.75) is 97.3 Å². The summed E-state index contributed by atoms with van der Waals surface area (Å²) in [5.41, 5.74) is 2.23. The quantitative estimate of drug-likeness (QED) is 0.331. The lowest BCUT2D eigenvalue weighted by Gasteiger charge is -2.40. The Balaban J connectivity index is 1.46. The van der Waals surface area contributed by atoms with E-state index in [2.05, 4.69) is 14.8 Å². The van der Waals surface area contributed by atoms with E-state index in [9.17, 15) is 14.1 Å². The second-order valence-corrected chi connectivity index (χ2v) is 13.7. The van der Waals surface area contributed by atoms with Crippen LogP contribution < -0.4 is 4.74 Å². The van der Waals surface area contributed by atoms with Crippen molar-refractivity contribution in [2.75, 3.05) is 32.8 Å². The third-order valence-electron chi connectivity index (χ3n) is 9.42. The number of aromatic nitrogens is 3. The van der Waals surface area contributed by atoms with Crippen LogP contribution in [0.4, 0.5) is 8.92 Å². The molecule has 0 saturated carbocycles. The Morgan fingerprint density at radius 1 is 1.04 bits per heavy atom. The molecule has 3 aliphatic rings. The number of ether oxygens (including phenoxy) is 2. The highest BCUT2D eigenvalue weighted by molar-refractivity contribution is 5.94. The van der Waals surface area contributed by atoms with E-state index in [1.165, 1.54) is 29.8 Å². The summed E-state index contributed by atoms with van der Waals surface area (Å²) in [5.74, 6) is -1.86. The number of benzene rings is 1. The lowest BCUT2D eigenvalue weighted by molar-refractivity contribution is -0.205. The number of piperidine rings is 2. The number of aryl methyl sites for hydroxylation is 1. The number of fused-ring (bicyclic) bond motifs is 2. The number of hydrogen-bond acceptors (Lipinski definition) is 8. The Hall–Kier alpha value is -3.64. The fourth-order valence-electron chi connectivity index (χ4n) is 7.21. The number of rotatable bonds is 6. The largest absolute Gasteiger partial charge is 0.490 e. The zero-order valence-electron chi connectivity index (χ0n) is 27.3. The van der Waals surface area contributed by atoms with Crippen molar-refractivity contribution in [3.05, 3.63) is 46.0 Å². The molecule has 0 spiro atoms. The van der Waals surface area contributed by atoms with Crippen molar-refractivity contribution in [1.82, 2.24) is 24.4 Å². The zero-order valence-corrected chi connectivity index (χ0v) is 27.3. The number of halogens is 2. The second-order valence-electron chi connectivity index (χ2n) is 13.7. The highest BCUT2D eigenvalue weighted by atomic mass is 19.3. The lowest BCUT2D eigenvalue weighted by Crippen LogP contribution is -2.48. The molecule has 3 aliphatic heterocycles. The van der Waals surface area contributed by atoms with Crippen molar-refractivity contribution in [2.24, 2.45) is 0 Å². The van der Waals surface area contributed by atoms with Crippen molar-refractivity contribution in [3.8, 4) is 17.0 Å². The summed E-state index contributed by atoms with van der Waals surface area (Å²) in [4.78, 5) is 39.6. The molecule has 46 heavy (non-hydrogen) atoms. The minimum atomic E-state index is -1.55. The van der Waals surface area contributed by atoms with Gasteiger partial charge in [0, 0.05) is 52.1 Å². The summed E-state index contributed by atoms with van der Waals surface area (Å²) in [6.07, 6.45) is 5.29. The SMILES string of the molecule is Cc1nc2cc(C(=O)N3CCC(N4CCCCC4)CC3)nn2c(-c2cc(F)c3c(c2C)CCCO3)c1[C@H](OC(C)(C)C)C(=O)OF. The standard InChI is InChI=1S/C34H43F2N5O5/c1-20-23-10-9-17-44-30(23)25(35)18-24(20)29-28(31(33(43)46-36)45-34(3,4)5)21(2)37-27-19-26(38-41(27)29)32(42)40-15-11-22(12-16-40)39-13-7-6-8-14-39/h18-19,22,31H,6-17H2,1-5H3/t31-/m0/s1. The van der Waals surface area contributed by atoms with Crippen LogP contribution in [0.15, 0.2) is 12.1 Å². The van der Waals surface area contributed by atoms with Gasteiger partial charge in [0.25, 0.3) is 5.91 Å². The van der Waals surface area contributed by atoms with Crippen LogP contribution in [0.2, 0.25) is 0 Å². The van der Waals surface area contributed by atoms with Gasteiger partial charge in [0.1, 0.15) is 0 Å². The number of carbonyl (C=O) groups is 2. The number of amides is 1. The van der Waals surface area contributed by atoms with Gasteiger partial charge in [-0.15, -0.1) is 0 Å².